The third-order valence-electron chi connectivity index (χ3n) is 3.37. The Kier molecular flexibility index (Phi) is 3.81. The van der Waals surface area contributed by atoms with Gasteiger partial charge in [-0.05, 0) is 30.2 Å². The van der Waals surface area contributed by atoms with Crippen LogP contribution in [0.3, 0.4) is 0 Å². The van der Waals surface area contributed by atoms with Crippen molar-refractivity contribution in [3.63, 3.8) is 0 Å². The standard InChI is InChI=1S/C15H16FNO2/c1-10(17(16)11(2)15(18)19)13-9-5-7-12-6-3-4-8-14(12)13/h3-11H,1-2H3,(H,18,19). The van der Waals surface area contributed by atoms with Gasteiger partial charge in [-0.2, -0.15) is 0 Å². The summed E-state index contributed by atoms with van der Waals surface area (Å²) in [5, 5.41) is 11.2. The normalized spacial score (nSPS) is 14.5. The minimum atomic E-state index is -1.17. The van der Waals surface area contributed by atoms with Gasteiger partial charge in [-0.1, -0.05) is 42.5 Å². The third-order valence-corrected chi connectivity index (χ3v) is 3.37. The highest BCUT2D eigenvalue weighted by atomic mass is 19.2. The Bertz CT molecular complexity index is 594. The molecule has 0 bridgehead atoms. The van der Waals surface area contributed by atoms with Crippen molar-refractivity contribution < 1.29 is 14.4 Å². The molecule has 2 aromatic carbocycles. The van der Waals surface area contributed by atoms with Crippen molar-refractivity contribution >= 4 is 16.7 Å². The maximum atomic E-state index is 14.1. The monoisotopic (exact) mass is 261 g/mol. The fourth-order valence-corrected chi connectivity index (χ4v) is 2.19. The van der Waals surface area contributed by atoms with Crippen LogP contribution in [0, 0.1) is 0 Å². The number of aliphatic carboxylic acids is 1. The Morgan fingerprint density at radius 1 is 1.16 bits per heavy atom. The van der Waals surface area contributed by atoms with Crippen LogP contribution in [0.25, 0.3) is 10.8 Å². The van der Waals surface area contributed by atoms with E-state index in [9.17, 15) is 9.28 Å². The van der Waals surface area contributed by atoms with Crippen LogP contribution in [0.15, 0.2) is 42.5 Å². The van der Waals surface area contributed by atoms with E-state index in [4.69, 9.17) is 5.11 Å². The molecule has 0 fully saturated rings. The molecule has 0 aliphatic heterocycles. The van der Waals surface area contributed by atoms with Gasteiger partial charge < -0.3 is 5.11 Å². The Labute approximate surface area is 111 Å². The molecule has 0 amide bonds. The minimum absolute atomic E-state index is 0.379. The molecule has 0 spiro atoms. The van der Waals surface area contributed by atoms with Gasteiger partial charge >= 0.3 is 5.97 Å². The van der Waals surface area contributed by atoms with E-state index in [-0.39, 0.29) is 0 Å². The van der Waals surface area contributed by atoms with Crippen molar-refractivity contribution in [2.24, 2.45) is 0 Å². The second-order valence-electron chi connectivity index (χ2n) is 4.60. The number of halogens is 1. The predicted octanol–water partition coefficient (Wildman–Crippen LogP) is 3.56. The molecule has 2 unspecified atom stereocenters. The molecule has 0 radical (unpaired) electrons. The molecular weight excluding hydrogens is 245 g/mol. The lowest BCUT2D eigenvalue weighted by Crippen LogP contribution is -2.34. The number of fused-ring (bicyclic) bond motifs is 1. The zero-order chi connectivity index (χ0) is 14.0. The summed E-state index contributed by atoms with van der Waals surface area (Å²) in [5.41, 5.74) is 0.786. The molecule has 19 heavy (non-hydrogen) atoms. The van der Waals surface area contributed by atoms with E-state index in [1.165, 1.54) is 6.92 Å². The van der Waals surface area contributed by atoms with Crippen LogP contribution >= 0.6 is 0 Å². The van der Waals surface area contributed by atoms with Gasteiger partial charge in [0.2, 0.25) is 0 Å². The smallest absolute Gasteiger partial charge is 0.323 e. The maximum absolute atomic E-state index is 14.1. The molecule has 2 atom stereocenters. The van der Waals surface area contributed by atoms with Gasteiger partial charge in [0.05, 0.1) is 6.04 Å². The lowest BCUT2D eigenvalue weighted by Gasteiger charge is -2.24. The van der Waals surface area contributed by atoms with Crippen molar-refractivity contribution in [2.75, 3.05) is 0 Å². The van der Waals surface area contributed by atoms with Crippen LogP contribution in [0.1, 0.15) is 25.5 Å². The van der Waals surface area contributed by atoms with Gasteiger partial charge in [-0.3, -0.25) is 4.79 Å². The summed E-state index contributed by atoms with van der Waals surface area (Å²) in [6.07, 6.45) is 0. The van der Waals surface area contributed by atoms with Gasteiger partial charge in [0, 0.05) is 0 Å². The average Bonchev–Trinajstić information content (AvgIpc) is 2.44. The van der Waals surface area contributed by atoms with Crippen LogP contribution in [0.5, 0.6) is 0 Å². The van der Waals surface area contributed by atoms with Crippen molar-refractivity contribution in [3.05, 3.63) is 48.0 Å². The lowest BCUT2D eigenvalue weighted by atomic mass is 9.99. The minimum Gasteiger partial charge on any atom is -0.480 e. The first kappa shape index (κ1) is 13.5. The van der Waals surface area contributed by atoms with Crippen molar-refractivity contribution in [1.29, 1.82) is 0 Å². The fraction of sp³-hybridized carbons (Fsp3) is 0.267. The number of hydrogen-bond donors (Lipinski definition) is 1. The topological polar surface area (TPSA) is 40.5 Å². The number of hydrogen-bond acceptors (Lipinski definition) is 2. The van der Waals surface area contributed by atoms with Gasteiger partial charge in [0.25, 0.3) is 0 Å². The van der Waals surface area contributed by atoms with Crippen molar-refractivity contribution in [3.8, 4) is 0 Å². The van der Waals surface area contributed by atoms with Crippen LogP contribution in [0.4, 0.5) is 4.48 Å². The number of carboxylic acid groups (broad SMARTS) is 1. The third kappa shape index (κ3) is 2.58. The number of nitrogens with zero attached hydrogens (tertiary/aromatic N) is 1. The molecule has 2 aromatic rings. The molecule has 3 nitrogen and oxygen atoms in total. The van der Waals surface area contributed by atoms with Crippen molar-refractivity contribution in [2.45, 2.75) is 25.9 Å². The highest BCUT2D eigenvalue weighted by molar-refractivity contribution is 5.86. The van der Waals surface area contributed by atoms with Crippen LogP contribution in [-0.2, 0) is 4.79 Å². The number of carboxylic acids is 1. The molecule has 0 aromatic heterocycles. The molecule has 1 N–H and O–H groups in total. The molecule has 4 heteroatoms. The average molecular weight is 261 g/mol. The second kappa shape index (κ2) is 5.36. The van der Waals surface area contributed by atoms with Crippen LogP contribution in [0.2, 0.25) is 0 Å². The second-order valence-corrected chi connectivity index (χ2v) is 4.60. The Balaban J connectivity index is 2.41. The maximum Gasteiger partial charge on any atom is 0.323 e. The summed E-state index contributed by atoms with van der Waals surface area (Å²) < 4.78 is 14.1. The molecule has 0 saturated carbocycles. The molecule has 0 saturated heterocycles. The number of rotatable bonds is 4. The van der Waals surface area contributed by atoms with E-state index >= 15 is 0 Å². The summed E-state index contributed by atoms with van der Waals surface area (Å²) in [4.78, 5) is 10.9. The Hall–Kier alpha value is -1.94. The van der Waals surface area contributed by atoms with Crippen LogP contribution in [-0.4, -0.2) is 22.2 Å². The van der Waals surface area contributed by atoms with Crippen LogP contribution < -0.4 is 0 Å². The van der Waals surface area contributed by atoms with E-state index < -0.39 is 18.1 Å². The largest absolute Gasteiger partial charge is 0.480 e. The van der Waals surface area contributed by atoms with E-state index in [0.29, 0.717) is 5.12 Å². The first-order valence-corrected chi connectivity index (χ1v) is 6.17. The highest BCUT2D eigenvalue weighted by Gasteiger charge is 2.27. The van der Waals surface area contributed by atoms with Gasteiger partial charge in [0.1, 0.15) is 6.04 Å². The fourth-order valence-electron chi connectivity index (χ4n) is 2.19. The first-order valence-electron chi connectivity index (χ1n) is 6.17. The Morgan fingerprint density at radius 2 is 1.79 bits per heavy atom. The quantitative estimate of drug-likeness (QED) is 0.855. The number of benzene rings is 2. The Morgan fingerprint density at radius 3 is 2.47 bits per heavy atom. The first-order chi connectivity index (χ1) is 9.02. The SMILES string of the molecule is CC(C(=O)O)N(F)C(C)c1cccc2ccccc12. The lowest BCUT2D eigenvalue weighted by molar-refractivity contribution is -0.154. The summed E-state index contributed by atoms with van der Waals surface area (Å²) in [7, 11) is 0. The predicted molar refractivity (Wildman–Crippen MR) is 72.4 cm³/mol. The van der Waals surface area contributed by atoms with E-state index in [0.717, 1.165) is 16.3 Å². The summed E-state index contributed by atoms with van der Waals surface area (Å²) in [5.74, 6) is -1.17. The van der Waals surface area contributed by atoms with Gasteiger partial charge in [0.15, 0.2) is 0 Å². The zero-order valence-electron chi connectivity index (χ0n) is 10.9. The number of carbonyl (C=O) groups is 1. The molecule has 0 heterocycles. The molecule has 2 rings (SSSR count). The molecule has 0 aliphatic carbocycles. The van der Waals surface area contributed by atoms with Gasteiger partial charge in [-0.15, -0.1) is 9.60 Å². The zero-order valence-corrected chi connectivity index (χ0v) is 10.9. The van der Waals surface area contributed by atoms with E-state index in [1.807, 2.05) is 42.5 Å². The highest BCUT2D eigenvalue weighted by Crippen LogP contribution is 2.29. The van der Waals surface area contributed by atoms with E-state index in [1.54, 1.807) is 6.92 Å². The van der Waals surface area contributed by atoms with E-state index in [2.05, 4.69) is 0 Å². The van der Waals surface area contributed by atoms with Crippen molar-refractivity contribution in [1.82, 2.24) is 5.12 Å². The molecule has 100 valence electrons. The summed E-state index contributed by atoms with van der Waals surface area (Å²) in [6.45, 7) is 3.01. The van der Waals surface area contributed by atoms with Gasteiger partial charge in [-0.25, -0.2) is 0 Å². The summed E-state index contributed by atoms with van der Waals surface area (Å²) >= 11 is 0. The molecular formula is C15H16FNO2. The summed E-state index contributed by atoms with van der Waals surface area (Å²) in [6, 6.07) is 11.5. The molecule has 0 aliphatic rings.